The minimum absolute atomic E-state index is 0.00198. The van der Waals surface area contributed by atoms with Crippen molar-refractivity contribution in [3.8, 4) is 11.1 Å². The largest absolute Gasteiger partial charge is 0.359 e. The van der Waals surface area contributed by atoms with Crippen molar-refractivity contribution in [1.29, 1.82) is 0 Å². The fourth-order valence-electron chi connectivity index (χ4n) is 6.28. The monoisotopic (exact) mass is 576 g/mol. The third-order valence-corrected chi connectivity index (χ3v) is 9.65. The average molecular weight is 577 g/mol. The van der Waals surface area contributed by atoms with Gasteiger partial charge in [-0.2, -0.15) is 0 Å². The number of hydrogen-bond acceptors (Lipinski definition) is 5. The first-order chi connectivity index (χ1) is 20.8. The molecule has 4 aromatic carbocycles. The topological polar surface area (TPSA) is 41.1 Å². The molecule has 0 radical (unpaired) electrons. The zero-order valence-corrected chi connectivity index (χ0v) is 25.5. The number of hydrogen-bond donors (Lipinski definition) is 1. The molecule has 7 aromatic rings. The van der Waals surface area contributed by atoms with Crippen LogP contribution >= 0.6 is 11.3 Å². The molecule has 1 aliphatic heterocycles. The zero-order valence-electron chi connectivity index (χ0n) is 24.7. The summed E-state index contributed by atoms with van der Waals surface area (Å²) in [7, 11) is 0. The van der Waals surface area contributed by atoms with Crippen LogP contribution in [0, 0.1) is 6.92 Å². The van der Waals surface area contributed by atoms with Gasteiger partial charge in [-0.25, -0.2) is 4.98 Å². The van der Waals surface area contributed by atoms with Crippen LogP contribution in [-0.4, -0.2) is 9.97 Å². The second-order valence-electron chi connectivity index (χ2n) is 12.4. The lowest BCUT2D eigenvalue weighted by atomic mass is 9.91. The molecule has 0 saturated carbocycles. The summed E-state index contributed by atoms with van der Waals surface area (Å²) >= 11 is 1.80. The molecule has 1 N–H and O–H groups in total. The maximum absolute atomic E-state index is 5.13. The maximum atomic E-state index is 5.13. The highest BCUT2D eigenvalue weighted by Crippen LogP contribution is 2.51. The van der Waals surface area contributed by atoms with Gasteiger partial charge >= 0.3 is 0 Å². The van der Waals surface area contributed by atoms with E-state index in [2.05, 4.69) is 147 Å². The van der Waals surface area contributed by atoms with Crippen LogP contribution in [0.3, 0.4) is 0 Å². The number of aromatic nitrogens is 2. The molecule has 0 amide bonds. The Kier molecular flexibility index (Phi) is 5.82. The smallest absolute Gasteiger partial charge is 0.132 e. The Bertz CT molecular complexity index is 2160. The lowest BCUT2D eigenvalue weighted by Gasteiger charge is -2.28. The van der Waals surface area contributed by atoms with Crippen LogP contribution in [0.5, 0.6) is 0 Å². The van der Waals surface area contributed by atoms with Gasteiger partial charge in [0.05, 0.1) is 16.9 Å². The number of nitrogens with one attached hydrogen (secondary N) is 1. The second kappa shape index (κ2) is 9.65. The Morgan fingerprint density at radius 1 is 0.698 bits per heavy atom. The van der Waals surface area contributed by atoms with Gasteiger partial charge in [0.25, 0.3) is 0 Å². The first kappa shape index (κ1) is 25.9. The highest BCUT2D eigenvalue weighted by Gasteiger charge is 2.34. The van der Waals surface area contributed by atoms with Crippen LogP contribution < -0.4 is 10.2 Å². The molecule has 1 aliphatic rings. The molecule has 0 aliphatic carbocycles. The average Bonchev–Trinajstić information content (AvgIpc) is 3.59. The predicted molar refractivity (Wildman–Crippen MR) is 183 cm³/mol. The molecule has 3 aromatic heterocycles. The van der Waals surface area contributed by atoms with Crippen molar-refractivity contribution in [3.63, 3.8) is 0 Å². The Labute approximate surface area is 255 Å². The number of thiophene rings is 1. The SMILES string of the molecule is Cc1ccc2c3c(ccc2n1)NC(c1cccc2c1sc1nc(C(C)(C)C)ccc12)N3c1ccc(-c2ccccc2)cc1. The molecule has 0 fully saturated rings. The van der Waals surface area contributed by atoms with Crippen molar-refractivity contribution in [2.24, 2.45) is 0 Å². The molecule has 0 spiro atoms. The Balaban J connectivity index is 1.32. The predicted octanol–water partition coefficient (Wildman–Crippen LogP) is 10.5. The summed E-state index contributed by atoms with van der Waals surface area (Å²) in [5.74, 6) is 0. The quantitative estimate of drug-likeness (QED) is 0.227. The maximum Gasteiger partial charge on any atom is 0.132 e. The summed E-state index contributed by atoms with van der Waals surface area (Å²) in [6.45, 7) is 8.72. The minimum Gasteiger partial charge on any atom is -0.359 e. The third-order valence-electron chi connectivity index (χ3n) is 8.48. The molecule has 8 rings (SSSR count). The van der Waals surface area contributed by atoms with Crippen molar-refractivity contribution in [3.05, 3.63) is 126 Å². The van der Waals surface area contributed by atoms with Crippen LogP contribution in [0.1, 0.15) is 43.9 Å². The molecule has 5 heteroatoms. The van der Waals surface area contributed by atoms with Crippen LogP contribution in [0.15, 0.2) is 109 Å². The van der Waals surface area contributed by atoms with E-state index in [0.29, 0.717) is 0 Å². The van der Waals surface area contributed by atoms with E-state index in [1.165, 1.54) is 32.2 Å². The molecule has 4 nitrogen and oxygen atoms in total. The van der Waals surface area contributed by atoms with Gasteiger partial charge in [-0.1, -0.05) is 81.4 Å². The molecule has 1 atom stereocenters. The van der Waals surface area contributed by atoms with Gasteiger partial charge in [0.1, 0.15) is 11.0 Å². The van der Waals surface area contributed by atoms with Crippen LogP contribution in [0.25, 0.3) is 42.3 Å². The van der Waals surface area contributed by atoms with Crippen molar-refractivity contribution in [1.82, 2.24) is 9.97 Å². The van der Waals surface area contributed by atoms with Crippen LogP contribution in [0.4, 0.5) is 17.1 Å². The first-order valence-electron chi connectivity index (χ1n) is 14.8. The van der Waals surface area contributed by atoms with Crippen molar-refractivity contribution in [2.75, 3.05) is 10.2 Å². The minimum atomic E-state index is -0.0941. The van der Waals surface area contributed by atoms with Crippen molar-refractivity contribution < 1.29 is 0 Å². The van der Waals surface area contributed by atoms with Crippen LogP contribution in [-0.2, 0) is 5.41 Å². The number of anilines is 3. The molecule has 0 bridgehead atoms. The highest BCUT2D eigenvalue weighted by molar-refractivity contribution is 7.25. The van der Waals surface area contributed by atoms with Gasteiger partial charge in [-0.3, -0.25) is 4.98 Å². The highest BCUT2D eigenvalue weighted by atomic mass is 32.1. The van der Waals surface area contributed by atoms with Gasteiger partial charge in [0.2, 0.25) is 0 Å². The number of benzene rings is 4. The third kappa shape index (κ3) is 4.26. The standard InChI is InChI=1S/C38H32N4S/c1-23-13-18-29-31(39-23)20-21-32-34(29)42(26-16-14-25(15-17-26)24-9-6-5-7-10-24)36(40-32)30-12-8-11-27-28-19-22-33(38(2,3)4)41-37(28)43-35(27)30/h5-22,36,40H,1-4H3. The molecular weight excluding hydrogens is 545 g/mol. The summed E-state index contributed by atoms with van der Waals surface area (Å²) in [5, 5.41) is 7.52. The summed E-state index contributed by atoms with van der Waals surface area (Å²) in [4.78, 5) is 13.6. The lowest BCUT2D eigenvalue weighted by molar-refractivity contribution is 0.572. The van der Waals surface area contributed by atoms with Gasteiger partial charge in [0.15, 0.2) is 0 Å². The van der Waals surface area contributed by atoms with E-state index >= 15 is 0 Å². The van der Waals surface area contributed by atoms with Crippen LogP contribution in [0.2, 0.25) is 0 Å². The van der Waals surface area contributed by atoms with Gasteiger partial charge in [0, 0.05) is 48.9 Å². The second-order valence-corrected chi connectivity index (χ2v) is 13.4. The Morgan fingerprint density at radius 2 is 1.47 bits per heavy atom. The van der Waals surface area contributed by atoms with E-state index < -0.39 is 0 Å². The normalized spacial score (nSPS) is 14.9. The van der Waals surface area contributed by atoms with Gasteiger partial charge < -0.3 is 10.2 Å². The summed E-state index contributed by atoms with van der Waals surface area (Å²) in [6.07, 6.45) is -0.0941. The van der Waals surface area contributed by atoms with E-state index in [4.69, 9.17) is 9.97 Å². The summed E-state index contributed by atoms with van der Waals surface area (Å²) in [6, 6.07) is 39.3. The Hall–Kier alpha value is -4.74. The van der Waals surface area contributed by atoms with Crippen molar-refractivity contribution >= 4 is 59.6 Å². The Morgan fingerprint density at radius 3 is 2.26 bits per heavy atom. The fourth-order valence-corrected chi connectivity index (χ4v) is 7.49. The van der Waals surface area contributed by atoms with Gasteiger partial charge in [-0.15, -0.1) is 11.3 Å². The number of pyridine rings is 2. The number of fused-ring (bicyclic) bond motifs is 6. The molecular formula is C38H32N4S. The van der Waals surface area contributed by atoms with Crippen molar-refractivity contribution in [2.45, 2.75) is 39.3 Å². The molecule has 0 saturated heterocycles. The van der Waals surface area contributed by atoms with E-state index in [1.54, 1.807) is 11.3 Å². The van der Waals surface area contributed by atoms with Gasteiger partial charge in [-0.05, 0) is 66.6 Å². The number of rotatable bonds is 3. The summed E-state index contributed by atoms with van der Waals surface area (Å²) in [5.41, 5.74) is 10.2. The molecule has 1 unspecified atom stereocenters. The fraction of sp³-hybridized carbons (Fsp3) is 0.158. The molecule has 43 heavy (non-hydrogen) atoms. The van der Waals surface area contributed by atoms with E-state index in [1.807, 2.05) is 0 Å². The lowest BCUT2D eigenvalue weighted by Crippen LogP contribution is -2.23. The summed E-state index contributed by atoms with van der Waals surface area (Å²) < 4.78 is 1.27. The first-order valence-corrected chi connectivity index (χ1v) is 15.6. The van der Waals surface area contributed by atoms with E-state index in [0.717, 1.165) is 44.2 Å². The zero-order chi connectivity index (χ0) is 29.3. The van der Waals surface area contributed by atoms with E-state index in [-0.39, 0.29) is 11.6 Å². The number of aryl methyl sites for hydroxylation is 1. The molecule has 210 valence electrons. The van der Waals surface area contributed by atoms with E-state index in [9.17, 15) is 0 Å². The molecule has 4 heterocycles. The number of nitrogens with zero attached hydrogens (tertiary/aromatic N) is 3.